The first-order valence-electron chi connectivity index (χ1n) is 3.55. The van der Waals surface area contributed by atoms with Crippen molar-refractivity contribution < 1.29 is 20.0 Å². The van der Waals surface area contributed by atoms with Crippen LogP contribution in [0, 0.1) is 0 Å². The van der Waals surface area contributed by atoms with Crippen LogP contribution in [-0.2, 0) is 4.79 Å². The van der Waals surface area contributed by atoms with Gasteiger partial charge in [-0.05, 0) is 6.42 Å². The van der Waals surface area contributed by atoms with E-state index in [0.29, 0.717) is 12.8 Å². The number of nitrogens with zero attached hydrogens (tertiary/aromatic N) is 1. The third-order valence-electron chi connectivity index (χ3n) is 1.32. The lowest BCUT2D eigenvalue weighted by Gasteiger charge is -1.99. The Morgan fingerprint density at radius 3 is 2.75 bits per heavy atom. The molecule has 0 rings (SSSR count). The van der Waals surface area contributed by atoms with Gasteiger partial charge in [-0.2, -0.15) is 4.39 Å². The SMILES string of the molecule is NC(F)=NCCCC([NH3+])C(=O)O. The number of nitrogens with two attached hydrogens (primary N) is 1. The largest absolute Gasteiger partial charge is 0.477 e. The van der Waals surface area contributed by atoms with E-state index in [4.69, 9.17) is 5.11 Å². The fourth-order valence-electron chi connectivity index (χ4n) is 0.647. The molecular formula is C6H13FN3O2+. The number of aliphatic carboxylic acids is 1. The maximum Gasteiger partial charge on any atom is 0.362 e. The van der Waals surface area contributed by atoms with Gasteiger partial charge in [0, 0.05) is 13.0 Å². The molecule has 6 N–H and O–H groups in total. The smallest absolute Gasteiger partial charge is 0.362 e. The van der Waals surface area contributed by atoms with Crippen LogP contribution in [0.4, 0.5) is 4.39 Å². The minimum Gasteiger partial charge on any atom is -0.477 e. The van der Waals surface area contributed by atoms with Crippen molar-refractivity contribution in [2.75, 3.05) is 6.54 Å². The van der Waals surface area contributed by atoms with Crippen molar-refractivity contribution in [2.45, 2.75) is 18.9 Å². The lowest BCUT2D eigenvalue weighted by molar-refractivity contribution is -0.409. The van der Waals surface area contributed by atoms with Crippen molar-refractivity contribution in [1.82, 2.24) is 0 Å². The normalized spacial score (nSPS) is 14.3. The molecule has 0 radical (unpaired) electrons. The Bertz CT molecular complexity index is 180. The molecule has 12 heavy (non-hydrogen) atoms. The number of quaternary nitrogens is 1. The Labute approximate surface area is 69.3 Å². The van der Waals surface area contributed by atoms with E-state index in [1.807, 2.05) is 0 Å². The number of hydrogen-bond donors (Lipinski definition) is 3. The Morgan fingerprint density at radius 1 is 1.75 bits per heavy atom. The Morgan fingerprint density at radius 2 is 2.33 bits per heavy atom. The molecule has 70 valence electrons. The molecule has 0 heterocycles. The molecule has 0 fully saturated rings. The molecule has 0 aromatic carbocycles. The highest BCUT2D eigenvalue weighted by atomic mass is 19.1. The van der Waals surface area contributed by atoms with Crippen molar-refractivity contribution in [3.05, 3.63) is 0 Å². The van der Waals surface area contributed by atoms with Gasteiger partial charge >= 0.3 is 5.97 Å². The molecule has 1 atom stereocenters. The van der Waals surface area contributed by atoms with E-state index in [1.165, 1.54) is 0 Å². The minimum atomic E-state index is -0.967. The molecule has 0 bridgehead atoms. The first kappa shape index (κ1) is 10.8. The van der Waals surface area contributed by atoms with Crippen LogP contribution in [-0.4, -0.2) is 29.8 Å². The maximum atomic E-state index is 11.8. The highest BCUT2D eigenvalue weighted by Gasteiger charge is 2.13. The molecule has 5 nitrogen and oxygen atoms in total. The van der Waals surface area contributed by atoms with Gasteiger partial charge in [-0.1, -0.05) is 0 Å². The van der Waals surface area contributed by atoms with Gasteiger partial charge in [-0.3, -0.25) is 0 Å². The van der Waals surface area contributed by atoms with Gasteiger partial charge in [0.25, 0.3) is 6.09 Å². The van der Waals surface area contributed by atoms with E-state index in [1.54, 1.807) is 0 Å². The van der Waals surface area contributed by atoms with Gasteiger partial charge in [0.2, 0.25) is 0 Å². The van der Waals surface area contributed by atoms with Gasteiger partial charge in [0.05, 0.1) is 0 Å². The lowest BCUT2D eigenvalue weighted by atomic mass is 10.2. The van der Waals surface area contributed by atoms with Crippen LogP contribution < -0.4 is 11.5 Å². The summed E-state index contributed by atoms with van der Waals surface area (Å²) in [5, 5.41) is 8.39. The Balaban J connectivity index is 3.44. The van der Waals surface area contributed by atoms with Gasteiger partial charge in [0.1, 0.15) is 0 Å². The first-order valence-corrected chi connectivity index (χ1v) is 3.55. The van der Waals surface area contributed by atoms with E-state index in [2.05, 4.69) is 16.5 Å². The molecule has 0 spiro atoms. The molecule has 6 heteroatoms. The number of carbonyl (C=O) groups is 1. The second-order valence-corrected chi connectivity index (χ2v) is 2.38. The van der Waals surface area contributed by atoms with Crippen molar-refractivity contribution in [3.63, 3.8) is 0 Å². The molecule has 0 saturated heterocycles. The average Bonchev–Trinajstić information content (AvgIpc) is 1.97. The van der Waals surface area contributed by atoms with Crippen LogP contribution in [0.3, 0.4) is 0 Å². The molecule has 0 aliphatic carbocycles. The van der Waals surface area contributed by atoms with E-state index in [9.17, 15) is 9.18 Å². The van der Waals surface area contributed by atoms with E-state index >= 15 is 0 Å². The summed E-state index contributed by atoms with van der Waals surface area (Å²) < 4.78 is 11.8. The predicted octanol–water partition coefficient (Wildman–Crippen LogP) is -1.25. The van der Waals surface area contributed by atoms with Gasteiger partial charge in [-0.15, -0.1) is 0 Å². The highest BCUT2D eigenvalue weighted by molar-refractivity contribution is 5.71. The van der Waals surface area contributed by atoms with Gasteiger partial charge < -0.3 is 16.6 Å². The monoisotopic (exact) mass is 178 g/mol. The molecule has 0 saturated carbocycles. The zero-order valence-corrected chi connectivity index (χ0v) is 6.66. The quantitative estimate of drug-likeness (QED) is 0.212. The maximum absolute atomic E-state index is 11.8. The summed E-state index contributed by atoms with van der Waals surface area (Å²) in [7, 11) is 0. The van der Waals surface area contributed by atoms with Crippen LogP contribution in [0.2, 0.25) is 0 Å². The summed E-state index contributed by atoms with van der Waals surface area (Å²) in [4.78, 5) is 13.5. The molecular weight excluding hydrogens is 165 g/mol. The van der Waals surface area contributed by atoms with Crippen molar-refractivity contribution >= 4 is 12.1 Å². The summed E-state index contributed by atoms with van der Waals surface area (Å²) in [5.41, 5.74) is 8.00. The summed E-state index contributed by atoms with van der Waals surface area (Å²) >= 11 is 0. The molecule has 1 unspecified atom stereocenters. The number of aliphatic imine (C=N–C) groups is 1. The predicted molar refractivity (Wildman–Crippen MR) is 41.1 cm³/mol. The second-order valence-electron chi connectivity index (χ2n) is 2.38. The molecule has 0 aliphatic heterocycles. The standard InChI is InChI=1S/C6H12FN3O2/c7-6(9)10-3-1-2-4(8)5(11)12/h4H,1-3,8H2,(H2,9,10)(H,11,12)/p+1. The van der Waals surface area contributed by atoms with Crippen LogP contribution in [0.1, 0.15) is 12.8 Å². The highest BCUT2D eigenvalue weighted by Crippen LogP contribution is 1.93. The average molecular weight is 178 g/mol. The van der Waals surface area contributed by atoms with E-state index in [0.717, 1.165) is 0 Å². The number of carboxylic acid groups (broad SMARTS) is 1. The summed E-state index contributed by atoms with van der Waals surface area (Å²) in [6, 6.07) is -0.652. The van der Waals surface area contributed by atoms with Crippen LogP contribution in [0.25, 0.3) is 0 Å². The number of rotatable bonds is 5. The number of hydrogen-bond acceptors (Lipinski definition) is 2. The fourth-order valence-corrected chi connectivity index (χ4v) is 0.647. The third-order valence-corrected chi connectivity index (χ3v) is 1.32. The summed E-state index contributed by atoms with van der Waals surface area (Å²) in [6.07, 6.45) is -0.108. The lowest BCUT2D eigenvalue weighted by Crippen LogP contribution is -2.64. The molecule has 0 aromatic rings. The summed E-state index contributed by atoms with van der Waals surface area (Å²) in [5.74, 6) is -0.952. The number of halogens is 1. The Hall–Kier alpha value is -1.17. The van der Waals surface area contributed by atoms with Crippen LogP contribution in [0.15, 0.2) is 4.99 Å². The van der Waals surface area contributed by atoms with Crippen molar-refractivity contribution in [1.29, 1.82) is 0 Å². The van der Waals surface area contributed by atoms with E-state index < -0.39 is 18.1 Å². The molecule has 0 amide bonds. The molecule has 0 aromatic heterocycles. The topological polar surface area (TPSA) is 103 Å². The Kier molecular flexibility index (Phi) is 4.94. The van der Waals surface area contributed by atoms with E-state index in [-0.39, 0.29) is 6.54 Å². The van der Waals surface area contributed by atoms with Crippen LogP contribution in [0.5, 0.6) is 0 Å². The zero-order valence-electron chi connectivity index (χ0n) is 6.66. The fraction of sp³-hybridized carbons (Fsp3) is 0.667. The third kappa shape index (κ3) is 5.60. The number of amidine groups is 1. The minimum absolute atomic E-state index is 0.210. The van der Waals surface area contributed by atoms with Crippen molar-refractivity contribution in [2.24, 2.45) is 10.7 Å². The molecule has 0 aliphatic rings. The van der Waals surface area contributed by atoms with Crippen molar-refractivity contribution in [3.8, 4) is 0 Å². The summed E-state index contributed by atoms with van der Waals surface area (Å²) in [6.45, 7) is 0.210. The second kappa shape index (κ2) is 5.48. The number of carboxylic acids is 1. The first-order chi connectivity index (χ1) is 5.54. The van der Waals surface area contributed by atoms with Gasteiger partial charge in [0.15, 0.2) is 6.04 Å². The van der Waals surface area contributed by atoms with Crippen LogP contribution >= 0.6 is 0 Å². The van der Waals surface area contributed by atoms with Gasteiger partial charge in [-0.25, -0.2) is 9.79 Å². The zero-order chi connectivity index (χ0) is 9.56.